The molecule has 0 saturated heterocycles. The van der Waals surface area contributed by atoms with Crippen molar-refractivity contribution in [3.8, 4) is 0 Å². The van der Waals surface area contributed by atoms with Gasteiger partial charge in [-0.1, -0.05) is 114 Å². The summed E-state index contributed by atoms with van der Waals surface area (Å²) in [5.74, 6) is 0. The van der Waals surface area contributed by atoms with Crippen molar-refractivity contribution in [1.82, 2.24) is 4.57 Å². The summed E-state index contributed by atoms with van der Waals surface area (Å²) in [4.78, 5) is 0. The van der Waals surface area contributed by atoms with Gasteiger partial charge in [-0.15, -0.1) is 0 Å². The Morgan fingerprint density at radius 3 is 1.89 bits per heavy atom. The number of anilines is 2. The zero-order chi connectivity index (χ0) is 25.0. The predicted molar refractivity (Wildman–Crippen MR) is 160 cm³/mol. The van der Waals surface area contributed by atoms with Crippen LogP contribution in [-0.4, -0.2) is 4.57 Å². The first-order chi connectivity index (χ1) is 17.8. The average molecular weight is 483 g/mol. The highest BCUT2D eigenvalue weighted by Crippen LogP contribution is 2.33. The maximum atomic E-state index is 3.60. The van der Waals surface area contributed by atoms with Crippen LogP contribution in [0.15, 0.2) is 66.7 Å². The van der Waals surface area contributed by atoms with Crippen molar-refractivity contribution in [2.45, 2.75) is 104 Å². The highest BCUT2D eigenvalue weighted by Gasteiger charge is 2.12. The molecule has 36 heavy (non-hydrogen) atoms. The molecule has 0 spiro atoms. The van der Waals surface area contributed by atoms with Crippen molar-refractivity contribution in [2.75, 3.05) is 5.32 Å². The highest BCUT2D eigenvalue weighted by molar-refractivity contribution is 6.09. The van der Waals surface area contributed by atoms with Gasteiger partial charge in [0.15, 0.2) is 0 Å². The quantitative estimate of drug-likeness (QED) is 0.157. The summed E-state index contributed by atoms with van der Waals surface area (Å²) in [5.41, 5.74) is 6.56. The van der Waals surface area contributed by atoms with Crippen molar-refractivity contribution in [3.05, 3.63) is 72.3 Å². The van der Waals surface area contributed by atoms with Crippen molar-refractivity contribution >= 4 is 33.2 Å². The summed E-state index contributed by atoms with van der Waals surface area (Å²) in [6.07, 6.45) is 17.3. The Morgan fingerprint density at radius 2 is 1.17 bits per heavy atom. The molecule has 1 aromatic heterocycles. The normalized spacial score (nSPS) is 11.5. The Kier molecular flexibility index (Phi) is 10.3. The molecule has 0 fully saturated rings. The molecule has 1 heterocycles. The number of para-hydroxylation sites is 1. The minimum absolute atomic E-state index is 1.10. The van der Waals surface area contributed by atoms with E-state index in [1.54, 1.807) is 0 Å². The number of nitrogens with one attached hydrogen (secondary N) is 1. The van der Waals surface area contributed by atoms with Gasteiger partial charge in [-0.25, -0.2) is 0 Å². The molecular weight excluding hydrogens is 436 g/mol. The molecule has 0 aliphatic rings. The topological polar surface area (TPSA) is 17.0 Å². The zero-order valence-corrected chi connectivity index (χ0v) is 22.7. The minimum Gasteiger partial charge on any atom is -0.355 e. The van der Waals surface area contributed by atoms with E-state index in [-0.39, 0.29) is 0 Å². The van der Waals surface area contributed by atoms with Crippen LogP contribution in [0.4, 0.5) is 11.4 Å². The van der Waals surface area contributed by atoms with E-state index in [4.69, 9.17) is 0 Å². The summed E-state index contributed by atoms with van der Waals surface area (Å²) < 4.78 is 2.60. The number of benzene rings is 3. The number of aromatic nitrogens is 1. The third kappa shape index (κ3) is 7.15. The Morgan fingerprint density at radius 1 is 0.556 bits per heavy atom. The highest BCUT2D eigenvalue weighted by atomic mass is 15.0. The summed E-state index contributed by atoms with van der Waals surface area (Å²) in [7, 11) is 0. The Balaban J connectivity index is 1.56. The number of hydrogen-bond donors (Lipinski definition) is 1. The number of unbranched alkanes of at least 4 members (excludes halogenated alkanes) is 10. The zero-order valence-electron chi connectivity index (χ0n) is 22.7. The molecule has 192 valence electrons. The monoisotopic (exact) mass is 482 g/mol. The molecule has 4 rings (SSSR count). The SMILES string of the molecule is CCCCCCCCc1ccc2c3ccc(Nc4ccccc4)cc3n(CCCCCCCC)c2c1. The number of fused-ring (bicyclic) bond motifs is 3. The Bertz CT molecular complexity index is 1190. The molecule has 0 unspecified atom stereocenters. The predicted octanol–water partition coefficient (Wildman–Crippen LogP) is 10.8. The van der Waals surface area contributed by atoms with Crippen LogP contribution in [0.2, 0.25) is 0 Å². The molecule has 0 amide bonds. The third-order valence-corrected chi connectivity index (χ3v) is 7.55. The maximum absolute atomic E-state index is 3.60. The standard InChI is InChI=1S/C34H46N2/c1-3-5-7-9-11-14-18-28-21-23-31-32-24-22-30(35-29-19-15-13-16-20-29)27-34(32)36(33(31)26-28)25-17-12-10-8-6-4-2/h13,15-16,19-24,26-27,35H,3-12,14,17-18,25H2,1-2H3. The first-order valence-corrected chi connectivity index (χ1v) is 14.7. The van der Waals surface area contributed by atoms with Gasteiger partial charge in [0.2, 0.25) is 0 Å². The van der Waals surface area contributed by atoms with E-state index < -0.39 is 0 Å². The van der Waals surface area contributed by atoms with E-state index in [2.05, 4.69) is 90.5 Å². The van der Waals surface area contributed by atoms with Crippen LogP contribution in [0.5, 0.6) is 0 Å². The van der Waals surface area contributed by atoms with Crippen LogP contribution in [0.1, 0.15) is 96.5 Å². The van der Waals surface area contributed by atoms with Gasteiger partial charge in [0.1, 0.15) is 0 Å². The fourth-order valence-corrected chi connectivity index (χ4v) is 5.46. The van der Waals surface area contributed by atoms with Gasteiger partial charge in [-0.2, -0.15) is 0 Å². The molecule has 0 atom stereocenters. The maximum Gasteiger partial charge on any atom is 0.0512 e. The minimum atomic E-state index is 1.10. The summed E-state index contributed by atoms with van der Waals surface area (Å²) in [6.45, 7) is 5.68. The molecule has 0 aliphatic heterocycles. The fraction of sp³-hybridized carbons (Fsp3) is 0.471. The van der Waals surface area contributed by atoms with E-state index >= 15 is 0 Å². The lowest BCUT2D eigenvalue weighted by Gasteiger charge is -2.11. The number of nitrogens with zero attached hydrogens (tertiary/aromatic N) is 1. The number of hydrogen-bond acceptors (Lipinski definition) is 1. The van der Waals surface area contributed by atoms with Gasteiger partial charge in [-0.05, 0) is 55.2 Å². The second kappa shape index (κ2) is 14.1. The summed E-state index contributed by atoms with van der Waals surface area (Å²) >= 11 is 0. The largest absolute Gasteiger partial charge is 0.355 e. The first kappa shape index (κ1) is 26.3. The van der Waals surface area contributed by atoms with E-state index in [0.717, 1.165) is 17.9 Å². The lowest BCUT2D eigenvalue weighted by atomic mass is 10.0. The van der Waals surface area contributed by atoms with Crippen LogP contribution < -0.4 is 5.32 Å². The smallest absolute Gasteiger partial charge is 0.0512 e. The van der Waals surface area contributed by atoms with E-state index in [9.17, 15) is 0 Å². The Hall–Kier alpha value is -2.74. The van der Waals surface area contributed by atoms with Gasteiger partial charge >= 0.3 is 0 Å². The first-order valence-electron chi connectivity index (χ1n) is 14.7. The van der Waals surface area contributed by atoms with Gasteiger partial charge < -0.3 is 9.88 Å². The van der Waals surface area contributed by atoms with Crippen LogP contribution in [0.3, 0.4) is 0 Å². The molecule has 4 aromatic rings. The van der Waals surface area contributed by atoms with Crippen LogP contribution in [0, 0.1) is 0 Å². The van der Waals surface area contributed by atoms with Crippen LogP contribution in [0.25, 0.3) is 21.8 Å². The van der Waals surface area contributed by atoms with Crippen molar-refractivity contribution < 1.29 is 0 Å². The lowest BCUT2D eigenvalue weighted by Crippen LogP contribution is -1.99. The summed E-state index contributed by atoms with van der Waals surface area (Å²) in [6, 6.07) is 24.6. The van der Waals surface area contributed by atoms with E-state index in [1.807, 2.05) is 0 Å². The van der Waals surface area contributed by atoms with E-state index in [1.165, 1.54) is 111 Å². The lowest BCUT2D eigenvalue weighted by molar-refractivity contribution is 0.571. The number of rotatable bonds is 16. The Labute approximate surface area is 219 Å². The van der Waals surface area contributed by atoms with Crippen molar-refractivity contribution in [2.24, 2.45) is 0 Å². The second-order valence-electron chi connectivity index (χ2n) is 10.5. The van der Waals surface area contributed by atoms with Crippen LogP contribution in [-0.2, 0) is 13.0 Å². The molecule has 1 N–H and O–H groups in total. The molecule has 3 aromatic carbocycles. The molecule has 0 radical (unpaired) electrons. The summed E-state index contributed by atoms with van der Waals surface area (Å²) in [5, 5.41) is 6.38. The molecule has 2 nitrogen and oxygen atoms in total. The average Bonchev–Trinajstić information content (AvgIpc) is 3.21. The molecule has 0 saturated carbocycles. The third-order valence-electron chi connectivity index (χ3n) is 7.55. The second-order valence-corrected chi connectivity index (χ2v) is 10.5. The van der Waals surface area contributed by atoms with Gasteiger partial charge in [0.05, 0.1) is 5.52 Å². The molecular formula is C34H46N2. The molecule has 2 heteroatoms. The molecule has 0 bridgehead atoms. The van der Waals surface area contributed by atoms with Crippen LogP contribution >= 0.6 is 0 Å². The molecule has 0 aliphatic carbocycles. The van der Waals surface area contributed by atoms with Crippen molar-refractivity contribution in [1.29, 1.82) is 0 Å². The van der Waals surface area contributed by atoms with Gasteiger partial charge in [-0.3, -0.25) is 0 Å². The van der Waals surface area contributed by atoms with Gasteiger partial charge in [0.25, 0.3) is 0 Å². The van der Waals surface area contributed by atoms with Crippen molar-refractivity contribution in [3.63, 3.8) is 0 Å². The fourth-order valence-electron chi connectivity index (χ4n) is 5.46. The number of aryl methyl sites for hydroxylation is 2. The van der Waals surface area contributed by atoms with E-state index in [0.29, 0.717) is 0 Å². The van der Waals surface area contributed by atoms with Gasteiger partial charge in [0, 0.05) is 34.2 Å².